The average Bonchev–Trinajstić information content (AvgIpc) is 2.40. The number of hydrogen-bond acceptors (Lipinski definition) is 7. The molecule has 3 N–H and O–H groups in total. The molecule has 0 unspecified atom stereocenters. The highest BCUT2D eigenvalue weighted by Gasteiger charge is 2.12. The van der Waals surface area contributed by atoms with Gasteiger partial charge in [-0.1, -0.05) is 0 Å². The van der Waals surface area contributed by atoms with Crippen LogP contribution in [0.5, 0.6) is 0 Å². The molecule has 7 heteroatoms. The first kappa shape index (κ1) is 14.2. The first-order valence-electron chi connectivity index (χ1n) is 5.64. The molecule has 0 amide bonds. The number of aryl methyl sites for hydroxylation is 1. The van der Waals surface area contributed by atoms with E-state index >= 15 is 0 Å². The van der Waals surface area contributed by atoms with Gasteiger partial charge in [-0.2, -0.15) is 10.2 Å². The van der Waals surface area contributed by atoms with Gasteiger partial charge in [-0.3, -0.25) is 5.43 Å². The van der Waals surface area contributed by atoms with Crippen LogP contribution in [-0.4, -0.2) is 36.8 Å². The lowest BCUT2D eigenvalue weighted by Crippen LogP contribution is -2.30. The van der Waals surface area contributed by atoms with Crippen LogP contribution in [0.25, 0.3) is 0 Å². The van der Waals surface area contributed by atoms with Gasteiger partial charge in [0, 0.05) is 32.0 Å². The average molecular weight is 250 g/mol. The molecule has 0 radical (unpaired) electrons. The van der Waals surface area contributed by atoms with Crippen LogP contribution >= 0.6 is 0 Å². The third-order valence-electron chi connectivity index (χ3n) is 2.43. The zero-order valence-corrected chi connectivity index (χ0v) is 10.7. The van der Waals surface area contributed by atoms with Gasteiger partial charge in [0.1, 0.15) is 5.82 Å². The summed E-state index contributed by atoms with van der Waals surface area (Å²) in [6, 6.07) is 2.13. The van der Waals surface area contributed by atoms with Gasteiger partial charge in [0.05, 0.1) is 19.1 Å². The van der Waals surface area contributed by atoms with Crippen molar-refractivity contribution in [3.63, 3.8) is 0 Å². The third kappa shape index (κ3) is 3.84. The van der Waals surface area contributed by atoms with E-state index in [0.717, 1.165) is 11.4 Å². The number of anilines is 2. The summed E-state index contributed by atoms with van der Waals surface area (Å²) in [6.07, 6.45) is 2.13. The van der Waals surface area contributed by atoms with E-state index in [0.29, 0.717) is 32.1 Å². The summed E-state index contributed by atoms with van der Waals surface area (Å²) in [4.78, 5) is 10.3. The van der Waals surface area contributed by atoms with Crippen LogP contribution in [0, 0.1) is 18.3 Å². The summed E-state index contributed by atoms with van der Waals surface area (Å²) in [5.41, 5.74) is 3.35. The van der Waals surface area contributed by atoms with Crippen molar-refractivity contribution in [3.8, 4) is 6.07 Å². The van der Waals surface area contributed by atoms with E-state index in [4.69, 9.17) is 15.8 Å². The maximum atomic E-state index is 8.68. The second-order valence-electron chi connectivity index (χ2n) is 3.73. The van der Waals surface area contributed by atoms with E-state index in [1.807, 2.05) is 11.8 Å². The minimum absolute atomic E-state index is 0.356. The van der Waals surface area contributed by atoms with Crippen LogP contribution in [0.1, 0.15) is 12.0 Å². The SMILES string of the molecule is COCCN(CCC#N)c1nc(NN)ncc1C. The molecule has 0 aromatic carbocycles. The van der Waals surface area contributed by atoms with Crippen LogP contribution in [0.2, 0.25) is 0 Å². The lowest BCUT2D eigenvalue weighted by molar-refractivity contribution is 0.205. The van der Waals surface area contributed by atoms with Crippen molar-refractivity contribution in [2.75, 3.05) is 37.1 Å². The van der Waals surface area contributed by atoms with Crippen molar-refractivity contribution in [2.24, 2.45) is 5.84 Å². The number of rotatable bonds is 7. The van der Waals surface area contributed by atoms with Crippen molar-refractivity contribution in [3.05, 3.63) is 11.8 Å². The molecule has 1 rings (SSSR count). The Balaban J connectivity index is 2.91. The van der Waals surface area contributed by atoms with Gasteiger partial charge >= 0.3 is 0 Å². The van der Waals surface area contributed by atoms with E-state index in [1.165, 1.54) is 0 Å². The number of nitrogen functional groups attached to an aromatic ring is 1. The Morgan fingerprint density at radius 2 is 2.33 bits per heavy atom. The fourth-order valence-corrected chi connectivity index (χ4v) is 1.53. The van der Waals surface area contributed by atoms with Crippen LogP contribution < -0.4 is 16.2 Å². The van der Waals surface area contributed by atoms with Crippen molar-refractivity contribution in [2.45, 2.75) is 13.3 Å². The minimum Gasteiger partial charge on any atom is -0.383 e. The fourth-order valence-electron chi connectivity index (χ4n) is 1.53. The summed E-state index contributed by atoms with van der Waals surface area (Å²) >= 11 is 0. The molecule has 0 aliphatic heterocycles. The number of nitrogens with zero attached hydrogens (tertiary/aromatic N) is 4. The minimum atomic E-state index is 0.356. The largest absolute Gasteiger partial charge is 0.383 e. The van der Waals surface area contributed by atoms with Crippen molar-refractivity contribution in [1.29, 1.82) is 5.26 Å². The maximum Gasteiger partial charge on any atom is 0.239 e. The molecule has 18 heavy (non-hydrogen) atoms. The number of hydrazine groups is 1. The van der Waals surface area contributed by atoms with Crippen molar-refractivity contribution in [1.82, 2.24) is 9.97 Å². The Bertz CT molecular complexity index is 416. The van der Waals surface area contributed by atoms with Gasteiger partial charge < -0.3 is 9.64 Å². The highest BCUT2D eigenvalue weighted by atomic mass is 16.5. The summed E-state index contributed by atoms with van der Waals surface area (Å²) in [7, 11) is 1.64. The van der Waals surface area contributed by atoms with Gasteiger partial charge in [-0.25, -0.2) is 10.8 Å². The Labute approximate surface area is 107 Å². The summed E-state index contributed by atoms with van der Waals surface area (Å²) in [5, 5.41) is 8.68. The Morgan fingerprint density at radius 1 is 1.56 bits per heavy atom. The molecule has 0 bridgehead atoms. The monoisotopic (exact) mass is 250 g/mol. The fraction of sp³-hybridized carbons (Fsp3) is 0.545. The van der Waals surface area contributed by atoms with E-state index in [1.54, 1.807) is 13.3 Å². The molecule has 0 saturated carbocycles. The third-order valence-corrected chi connectivity index (χ3v) is 2.43. The van der Waals surface area contributed by atoms with E-state index in [-0.39, 0.29) is 0 Å². The van der Waals surface area contributed by atoms with Gasteiger partial charge in [-0.15, -0.1) is 0 Å². The highest BCUT2D eigenvalue weighted by Crippen LogP contribution is 2.17. The molecule has 0 aliphatic rings. The predicted octanol–water partition coefficient (Wildman–Crippen LogP) is 0.437. The van der Waals surface area contributed by atoms with Gasteiger partial charge in [0.15, 0.2) is 0 Å². The molecule has 1 aromatic rings. The number of ether oxygens (including phenoxy) is 1. The van der Waals surface area contributed by atoms with Gasteiger partial charge in [0.25, 0.3) is 0 Å². The van der Waals surface area contributed by atoms with Crippen LogP contribution in [0.3, 0.4) is 0 Å². The molecule has 0 spiro atoms. The lowest BCUT2D eigenvalue weighted by atomic mass is 10.3. The zero-order chi connectivity index (χ0) is 13.4. The smallest absolute Gasteiger partial charge is 0.239 e. The number of methoxy groups -OCH3 is 1. The first-order valence-corrected chi connectivity index (χ1v) is 5.64. The zero-order valence-electron chi connectivity index (χ0n) is 10.7. The molecule has 1 aromatic heterocycles. The van der Waals surface area contributed by atoms with Gasteiger partial charge in [0.2, 0.25) is 5.95 Å². The summed E-state index contributed by atoms with van der Waals surface area (Å²) in [5.74, 6) is 6.42. The molecular weight excluding hydrogens is 232 g/mol. The molecule has 98 valence electrons. The Hall–Kier alpha value is -1.91. The standard InChI is InChI=1S/C11H18N6O/c1-9-8-14-11(16-13)15-10(9)17(5-3-4-12)6-7-18-2/h8H,3,5-7,13H2,1-2H3,(H,14,15,16). The van der Waals surface area contributed by atoms with E-state index in [2.05, 4.69) is 21.5 Å². The second-order valence-corrected chi connectivity index (χ2v) is 3.73. The number of aromatic nitrogens is 2. The van der Waals surface area contributed by atoms with Crippen molar-refractivity contribution < 1.29 is 4.74 Å². The van der Waals surface area contributed by atoms with E-state index in [9.17, 15) is 0 Å². The van der Waals surface area contributed by atoms with Crippen LogP contribution in [0.4, 0.5) is 11.8 Å². The van der Waals surface area contributed by atoms with Crippen LogP contribution in [-0.2, 0) is 4.74 Å². The number of nitriles is 1. The normalized spacial score (nSPS) is 9.89. The van der Waals surface area contributed by atoms with Gasteiger partial charge in [-0.05, 0) is 6.92 Å². The molecule has 0 atom stereocenters. The molecule has 7 nitrogen and oxygen atoms in total. The molecule has 1 heterocycles. The topological polar surface area (TPSA) is 100 Å². The second kappa shape index (κ2) is 7.42. The molecular formula is C11H18N6O. The molecule has 0 fully saturated rings. The number of hydrogen-bond donors (Lipinski definition) is 2. The number of nitrogens with two attached hydrogens (primary N) is 1. The molecule has 0 saturated heterocycles. The first-order chi connectivity index (χ1) is 8.72. The van der Waals surface area contributed by atoms with Crippen molar-refractivity contribution >= 4 is 11.8 Å². The predicted molar refractivity (Wildman–Crippen MR) is 68.9 cm³/mol. The summed E-state index contributed by atoms with van der Waals surface area (Å²) < 4.78 is 5.06. The highest BCUT2D eigenvalue weighted by molar-refractivity contribution is 5.48. The molecule has 0 aliphatic carbocycles. The number of nitrogens with one attached hydrogen (secondary N) is 1. The van der Waals surface area contributed by atoms with E-state index < -0.39 is 0 Å². The maximum absolute atomic E-state index is 8.68. The quantitative estimate of drug-likeness (QED) is 0.535. The van der Waals surface area contributed by atoms with Crippen LogP contribution in [0.15, 0.2) is 6.20 Å². The lowest BCUT2D eigenvalue weighted by Gasteiger charge is -2.24. The Morgan fingerprint density at radius 3 is 2.94 bits per heavy atom. The summed E-state index contributed by atoms with van der Waals surface area (Å²) in [6.45, 7) is 3.75. The Kier molecular flexibility index (Phi) is 5.84.